The van der Waals surface area contributed by atoms with Crippen molar-refractivity contribution < 1.29 is 38.3 Å². The summed E-state index contributed by atoms with van der Waals surface area (Å²) in [6.07, 6.45) is 4.73. The lowest BCUT2D eigenvalue weighted by Crippen LogP contribution is -2.50. The standard InChI is InChI=1S/C42H58N5O8P/c1-3-5-8-21-39(49)47(28-36-22-24-37(25-23-36)33-56(53,54)55)32-42(52)46(27-14-20-35-17-11-7-12-18-35)31-40(50)44(4-2)30-41(51)45(29-38(43)48)26-13-19-34-15-9-6-10-16-34/h6-7,9-12,15-18,22-25H,3-5,8,13-14,19-21,26-33H2,1-2H3,(H2,43,48)(H2,53,54,55). The first-order valence-electron chi connectivity index (χ1n) is 19.4. The van der Waals surface area contributed by atoms with Gasteiger partial charge in [0, 0.05) is 32.6 Å². The van der Waals surface area contributed by atoms with Crippen LogP contribution in [0, 0.1) is 0 Å². The van der Waals surface area contributed by atoms with E-state index in [1.165, 1.54) is 19.6 Å². The minimum absolute atomic E-state index is 0.0915. The van der Waals surface area contributed by atoms with Crippen LogP contribution >= 0.6 is 7.60 Å². The summed E-state index contributed by atoms with van der Waals surface area (Å²) in [5, 5.41) is 0. The molecule has 56 heavy (non-hydrogen) atoms. The molecule has 0 aliphatic carbocycles. The fraction of sp³-hybridized carbons (Fsp3) is 0.452. The first-order chi connectivity index (χ1) is 26.8. The van der Waals surface area contributed by atoms with E-state index in [0.717, 1.165) is 24.0 Å². The molecule has 0 fully saturated rings. The molecule has 3 rings (SSSR count). The number of hydrogen-bond donors (Lipinski definition) is 3. The Bertz CT molecular complexity index is 1740. The second-order valence-electron chi connectivity index (χ2n) is 14.0. The minimum Gasteiger partial charge on any atom is -0.368 e. The molecular formula is C42H58N5O8P. The molecule has 3 aromatic rings. The van der Waals surface area contributed by atoms with Crippen LogP contribution in [0.4, 0.5) is 0 Å². The number of amides is 5. The Kier molecular flexibility index (Phi) is 19.5. The summed E-state index contributed by atoms with van der Waals surface area (Å²) in [5.74, 6) is -2.17. The fourth-order valence-corrected chi connectivity index (χ4v) is 6.99. The summed E-state index contributed by atoms with van der Waals surface area (Å²) in [6, 6.07) is 26.1. The highest BCUT2D eigenvalue weighted by molar-refractivity contribution is 7.50. The van der Waals surface area contributed by atoms with Crippen LogP contribution in [-0.4, -0.2) is 105 Å². The minimum atomic E-state index is -4.26. The number of unbranched alkanes of at least 4 members (excludes halogenated alkanes) is 2. The monoisotopic (exact) mass is 791 g/mol. The number of hydrogen-bond acceptors (Lipinski definition) is 6. The molecule has 0 aliphatic rings. The van der Waals surface area contributed by atoms with E-state index in [9.17, 15) is 38.3 Å². The van der Waals surface area contributed by atoms with Crippen molar-refractivity contribution in [3.63, 3.8) is 0 Å². The van der Waals surface area contributed by atoms with Crippen LogP contribution in [0.3, 0.4) is 0 Å². The average Bonchev–Trinajstić information content (AvgIpc) is 3.16. The van der Waals surface area contributed by atoms with Crippen molar-refractivity contribution in [1.29, 1.82) is 0 Å². The van der Waals surface area contributed by atoms with Crippen LogP contribution in [0.15, 0.2) is 84.9 Å². The lowest BCUT2D eigenvalue weighted by atomic mass is 10.1. The Morgan fingerprint density at radius 3 is 1.50 bits per heavy atom. The SMILES string of the molecule is CCCCCC(=O)N(CC(=O)N(CCCc1ccccc1)CC(=O)N(CC)CC(=O)N(CCCc1ccccc1)CC(N)=O)Cc1ccc(CP(=O)(O)O)cc1. The van der Waals surface area contributed by atoms with Crippen molar-refractivity contribution in [2.24, 2.45) is 5.73 Å². The predicted octanol–water partition coefficient (Wildman–Crippen LogP) is 4.53. The van der Waals surface area contributed by atoms with E-state index in [1.54, 1.807) is 31.2 Å². The van der Waals surface area contributed by atoms with Crippen LogP contribution in [-0.2, 0) is 54.1 Å². The van der Waals surface area contributed by atoms with Gasteiger partial charge >= 0.3 is 7.60 Å². The molecular weight excluding hydrogens is 733 g/mol. The van der Waals surface area contributed by atoms with Gasteiger partial charge in [-0.3, -0.25) is 28.5 Å². The Morgan fingerprint density at radius 1 is 0.554 bits per heavy atom. The van der Waals surface area contributed by atoms with Crippen molar-refractivity contribution in [1.82, 2.24) is 19.6 Å². The molecule has 14 heteroatoms. The molecule has 5 amide bonds. The molecule has 0 saturated carbocycles. The molecule has 0 unspecified atom stereocenters. The van der Waals surface area contributed by atoms with Gasteiger partial charge in [-0.05, 0) is 61.3 Å². The Morgan fingerprint density at radius 2 is 1.02 bits per heavy atom. The summed E-state index contributed by atoms with van der Waals surface area (Å²) >= 11 is 0. The third kappa shape index (κ3) is 17.3. The smallest absolute Gasteiger partial charge is 0.329 e. The first-order valence-corrected chi connectivity index (χ1v) is 21.2. The molecule has 0 radical (unpaired) electrons. The topological polar surface area (TPSA) is 182 Å². The molecule has 0 heterocycles. The third-order valence-electron chi connectivity index (χ3n) is 9.37. The highest BCUT2D eigenvalue weighted by atomic mass is 31.2. The highest BCUT2D eigenvalue weighted by Gasteiger charge is 2.27. The largest absolute Gasteiger partial charge is 0.368 e. The molecule has 304 valence electrons. The Labute approximate surface area is 331 Å². The number of nitrogens with two attached hydrogens (primary N) is 1. The summed E-state index contributed by atoms with van der Waals surface area (Å²) in [5.41, 5.74) is 8.78. The van der Waals surface area contributed by atoms with Gasteiger partial charge in [0.1, 0.15) is 6.54 Å². The second kappa shape index (κ2) is 23.9. The number of primary amides is 1. The first kappa shape index (κ1) is 45.5. The number of carbonyl (C=O) groups is 5. The van der Waals surface area contributed by atoms with Gasteiger partial charge in [-0.15, -0.1) is 0 Å². The molecule has 4 N–H and O–H groups in total. The number of nitrogens with zero attached hydrogens (tertiary/aromatic N) is 4. The van der Waals surface area contributed by atoms with E-state index in [4.69, 9.17) is 5.73 Å². The number of aryl methyl sites for hydroxylation is 2. The maximum Gasteiger partial charge on any atom is 0.329 e. The third-order valence-corrected chi connectivity index (χ3v) is 10.1. The molecule has 0 aromatic heterocycles. The maximum absolute atomic E-state index is 14.1. The van der Waals surface area contributed by atoms with Crippen molar-refractivity contribution in [2.75, 3.05) is 45.8 Å². The number of benzene rings is 3. The van der Waals surface area contributed by atoms with E-state index in [1.807, 2.05) is 67.6 Å². The van der Waals surface area contributed by atoms with Gasteiger partial charge in [-0.2, -0.15) is 0 Å². The van der Waals surface area contributed by atoms with Crippen LogP contribution in [0.1, 0.15) is 74.6 Å². The zero-order valence-corrected chi connectivity index (χ0v) is 33.7. The van der Waals surface area contributed by atoms with Crippen LogP contribution < -0.4 is 5.73 Å². The quantitative estimate of drug-likeness (QED) is 0.0827. The average molecular weight is 792 g/mol. The number of rotatable bonds is 25. The van der Waals surface area contributed by atoms with Gasteiger partial charge in [0.2, 0.25) is 29.5 Å². The zero-order valence-electron chi connectivity index (χ0n) is 32.8. The van der Waals surface area contributed by atoms with Crippen molar-refractivity contribution >= 4 is 37.1 Å². The molecule has 0 aliphatic heterocycles. The summed E-state index contributed by atoms with van der Waals surface area (Å²) in [4.78, 5) is 91.3. The molecule has 0 spiro atoms. The van der Waals surface area contributed by atoms with E-state index in [2.05, 4.69) is 0 Å². The van der Waals surface area contributed by atoms with E-state index in [-0.39, 0.29) is 64.7 Å². The number of likely N-dealkylation sites (N-methyl/N-ethyl adjacent to an activating group) is 1. The molecule has 0 bridgehead atoms. The summed E-state index contributed by atoms with van der Waals surface area (Å²) in [7, 11) is -4.26. The van der Waals surface area contributed by atoms with E-state index in [0.29, 0.717) is 43.2 Å². The van der Waals surface area contributed by atoms with Crippen molar-refractivity contribution in [2.45, 2.75) is 77.9 Å². The summed E-state index contributed by atoms with van der Waals surface area (Å²) < 4.78 is 11.5. The van der Waals surface area contributed by atoms with Gasteiger partial charge in [0.25, 0.3) is 0 Å². The highest BCUT2D eigenvalue weighted by Crippen LogP contribution is 2.39. The predicted molar refractivity (Wildman–Crippen MR) is 216 cm³/mol. The normalized spacial score (nSPS) is 11.1. The van der Waals surface area contributed by atoms with Gasteiger partial charge in [-0.1, -0.05) is 105 Å². The lowest BCUT2D eigenvalue weighted by Gasteiger charge is -2.30. The van der Waals surface area contributed by atoms with Gasteiger partial charge in [0.15, 0.2) is 0 Å². The number of carbonyl (C=O) groups excluding carboxylic acids is 5. The fourth-order valence-electron chi connectivity index (χ4n) is 6.30. The Hall–Kier alpha value is -4.84. The maximum atomic E-state index is 14.1. The molecule has 0 saturated heterocycles. The second-order valence-corrected chi connectivity index (χ2v) is 15.7. The summed E-state index contributed by atoms with van der Waals surface area (Å²) in [6.45, 7) is 3.39. The van der Waals surface area contributed by atoms with E-state index >= 15 is 0 Å². The zero-order chi connectivity index (χ0) is 40.9. The van der Waals surface area contributed by atoms with Gasteiger partial charge < -0.3 is 35.1 Å². The van der Waals surface area contributed by atoms with E-state index < -0.39 is 37.4 Å². The molecule has 0 atom stereocenters. The van der Waals surface area contributed by atoms with Gasteiger partial charge in [0.05, 0.1) is 25.8 Å². The molecule has 13 nitrogen and oxygen atoms in total. The van der Waals surface area contributed by atoms with Crippen molar-refractivity contribution in [3.8, 4) is 0 Å². The Balaban J connectivity index is 1.77. The van der Waals surface area contributed by atoms with Crippen LogP contribution in [0.25, 0.3) is 0 Å². The van der Waals surface area contributed by atoms with Gasteiger partial charge in [-0.25, -0.2) is 0 Å². The van der Waals surface area contributed by atoms with Crippen LogP contribution in [0.2, 0.25) is 0 Å². The lowest BCUT2D eigenvalue weighted by molar-refractivity contribution is -0.146. The van der Waals surface area contributed by atoms with Crippen molar-refractivity contribution in [3.05, 3.63) is 107 Å². The van der Waals surface area contributed by atoms with Crippen LogP contribution in [0.5, 0.6) is 0 Å². The molecule has 3 aromatic carbocycles.